The van der Waals surface area contributed by atoms with Gasteiger partial charge < -0.3 is 19.7 Å². The molecule has 0 spiro atoms. The van der Waals surface area contributed by atoms with Crippen LogP contribution in [-0.2, 0) is 11.3 Å². The Bertz CT molecular complexity index is 698. The minimum atomic E-state index is -0.0346. The number of nitrogens with one attached hydrogen (secondary N) is 1. The van der Waals surface area contributed by atoms with Crippen LogP contribution in [0.2, 0.25) is 0 Å². The molecule has 0 aromatic heterocycles. The molecular formula is C18H20N2O3. The van der Waals surface area contributed by atoms with E-state index in [0.29, 0.717) is 13.2 Å². The Morgan fingerprint density at radius 1 is 1.22 bits per heavy atom. The molecule has 0 saturated carbocycles. The maximum Gasteiger partial charge on any atom is 0.264 e. The van der Waals surface area contributed by atoms with Gasteiger partial charge in [-0.2, -0.15) is 0 Å². The van der Waals surface area contributed by atoms with Crippen LogP contribution in [0.1, 0.15) is 12.5 Å². The molecule has 0 atom stereocenters. The van der Waals surface area contributed by atoms with E-state index in [2.05, 4.69) is 5.32 Å². The highest BCUT2D eigenvalue weighted by molar-refractivity contribution is 5.97. The third-order valence-corrected chi connectivity index (χ3v) is 3.78. The number of carbonyl (C=O) groups excluding carboxylic acids is 1. The fraction of sp³-hybridized carbons (Fsp3) is 0.278. The maximum atomic E-state index is 11.6. The van der Waals surface area contributed by atoms with E-state index in [4.69, 9.17) is 9.47 Å². The van der Waals surface area contributed by atoms with Crippen LogP contribution in [0, 0.1) is 0 Å². The molecule has 5 heteroatoms. The van der Waals surface area contributed by atoms with Gasteiger partial charge in [0.2, 0.25) is 0 Å². The van der Waals surface area contributed by atoms with Gasteiger partial charge in [0.05, 0.1) is 12.3 Å². The van der Waals surface area contributed by atoms with Crippen molar-refractivity contribution in [3.63, 3.8) is 0 Å². The van der Waals surface area contributed by atoms with Crippen LogP contribution in [0.4, 0.5) is 11.4 Å². The first-order valence-electron chi connectivity index (χ1n) is 7.66. The minimum absolute atomic E-state index is 0.0346. The van der Waals surface area contributed by atoms with E-state index in [1.54, 1.807) is 11.9 Å². The van der Waals surface area contributed by atoms with Crippen molar-refractivity contribution in [2.45, 2.75) is 13.5 Å². The first kappa shape index (κ1) is 15.2. The van der Waals surface area contributed by atoms with Crippen molar-refractivity contribution in [2.75, 3.05) is 30.5 Å². The summed E-state index contributed by atoms with van der Waals surface area (Å²) >= 11 is 0. The molecule has 1 aliphatic heterocycles. The van der Waals surface area contributed by atoms with Crippen molar-refractivity contribution in [1.82, 2.24) is 0 Å². The van der Waals surface area contributed by atoms with Gasteiger partial charge in [0.15, 0.2) is 6.61 Å². The standard InChI is InChI=1S/C18H20N2O3/c1-3-22-15-7-4-13(5-8-15)11-19-14-6-9-16-17(10-14)23-12-18(21)20(16)2/h4-10,19H,3,11-12H2,1-2H3. The first-order valence-corrected chi connectivity index (χ1v) is 7.66. The number of ether oxygens (including phenoxy) is 2. The Balaban J connectivity index is 1.66. The first-order chi connectivity index (χ1) is 11.2. The van der Waals surface area contributed by atoms with Crippen LogP contribution in [0.25, 0.3) is 0 Å². The average molecular weight is 312 g/mol. The Kier molecular flexibility index (Phi) is 4.37. The van der Waals surface area contributed by atoms with E-state index in [-0.39, 0.29) is 12.5 Å². The number of fused-ring (bicyclic) bond motifs is 1. The molecule has 120 valence electrons. The number of anilines is 2. The molecule has 1 aliphatic rings. The molecule has 1 heterocycles. The van der Waals surface area contributed by atoms with Gasteiger partial charge >= 0.3 is 0 Å². The molecule has 1 N–H and O–H groups in total. The molecule has 0 aliphatic carbocycles. The molecule has 2 aromatic carbocycles. The second-order valence-corrected chi connectivity index (χ2v) is 5.35. The molecule has 0 radical (unpaired) electrons. The number of hydrogen-bond donors (Lipinski definition) is 1. The molecule has 3 rings (SSSR count). The van der Waals surface area contributed by atoms with E-state index >= 15 is 0 Å². The lowest BCUT2D eigenvalue weighted by Gasteiger charge is -2.26. The third kappa shape index (κ3) is 3.39. The van der Waals surface area contributed by atoms with Gasteiger partial charge in [0.1, 0.15) is 11.5 Å². The van der Waals surface area contributed by atoms with Crippen LogP contribution in [0.5, 0.6) is 11.5 Å². The van der Waals surface area contributed by atoms with E-state index in [1.165, 1.54) is 5.56 Å². The molecule has 0 saturated heterocycles. The van der Waals surface area contributed by atoms with Gasteiger partial charge in [-0.1, -0.05) is 12.1 Å². The highest BCUT2D eigenvalue weighted by atomic mass is 16.5. The number of benzene rings is 2. The van der Waals surface area contributed by atoms with Gasteiger partial charge in [0, 0.05) is 25.3 Å². The zero-order valence-corrected chi connectivity index (χ0v) is 13.3. The number of rotatable bonds is 5. The molecule has 1 amide bonds. The number of nitrogens with zero attached hydrogens (tertiary/aromatic N) is 1. The number of carbonyl (C=O) groups is 1. The van der Waals surface area contributed by atoms with Crippen LogP contribution in [0.3, 0.4) is 0 Å². The lowest BCUT2D eigenvalue weighted by Crippen LogP contribution is -2.35. The smallest absolute Gasteiger partial charge is 0.264 e. The Morgan fingerprint density at radius 2 is 2.00 bits per heavy atom. The van der Waals surface area contributed by atoms with E-state index in [1.807, 2.05) is 49.4 Å². The highest BCUT2D eigenvalue weighted by Gasteiger charge is 2.22. The second-order valence-electron chi connectivity index (χ2n) is 5.35. The second kappa shape index (κ2) is 6.60. The Morgan fingerprint density at radius 3 is 2.74 bits per heavy atom. The van der Waals surface area contributed by atoms with Crippen molar-refractivity contribution in [3.8, 4) is 11.5 Å². The zero-order chi connectivity index (χ0) is 16.2. The summed E-state index contributed by atoms with van der Waals surface area (Å²) in [6.07, 6.45) is 0. The largest absolute Gasteiger partial charge is 0.494 e. The summed E-state index contributed by atoms with van der Waals surface area (Å²) < 4.78 is 10.9. The quantitative estimate of drug-likeness (QED) is 0.922. The van der Waals surface area contributed by atoms with Crippen LogP contribution in [-0.4, -0.2) is 26.2 Å². The summed E-state index contributed by atoms with van der Waals surface area (Å²) in [7, 11) is 1.76. The van der Waals surface area contributed by atoms with Crippen molar-refractivity contribution < 1.29 is 14.3 Å². The molecule has 0 fully saturated rings. The van der Waals surface area contributed by atoms with Gasteiger partial charge in [-0.3, -0.25) is 4.79 Å². The van der Waals surface area contributed by atoms with Crippen LogP contribution < -0.4 is 19.7 Å². The van der Waals surface area contributed by atoms with Crippen LogP contribution >= 0.6 is 0 Å². The fourth-order valence-electron chi connectivity index (χ4n) is 2.46. The topological polar surface area (TPSA) is 50.8 Å². The third-order valence-electron chi connectivity index (χ3n) is 3.78. The van der Waals surface area contributed by atoms with Gasteiger partial charge in [-0.05, 0) is 36.8 Å². The molecule has 0 bridgehead atoms. The monoisotopic (exact) mass is 312 g/mol. The van der Waals surface area contributed by atoms with Crippen LogP contribution in [0.15, 0.2) is 42.5 Å². The van der Waals surface area contributed by atoms with Crippen molar-refractivity contribution in [1.29, 1.82) is 0 Å². The van der Waals surface area contributed by atoms with E-state index < -0.39 is 0 Å². The summed E-state index contributed by atoms with van der Waals surface area (Å²) in [5, 5.41) is 3.36. The number of amides is 1. The fourth-order valence-corrected chi connectivity index (χ4v) is 2.46. The summed E-state index contributed by atoms with van der Waals surface area (Å²) in [6.45, 7) is 3.44. The van der Waals surface area contributed by atoms with Crippen molar-refractivity contribution in [2.24, 2.45) is 0 Å². The van der Waals surface area contributed by atoms with Gasteiger partial charge in [-0.25, -0.2) is 0 Å². The molecule has 23 heavy (non-hydrogen) atoms. The lowest BCUT2D eigenvalue weighted by atomic mass is 10.2. The molecule has 2 aromatic rings. The summed E-state index contributed by atoms with van der Waals surface area (Å²) in [4.78, 5) is 13.2. The van der Waals surface area contributed by atoms with E-state index in [0.717, 1.165) is 22.9 Å². The number of likely N-dealkylation sites (N-methyl/N-ethyl adjacent to an activating group) is 1. The average Bonchev–Trinajstić information content (AvgIpc) is 2.58. The van der Waals surface area contributed by atoms with Crippen molar-refractivity contribution in [3.05, 3.63) is 48.0 Å². The zero-order valence-electron chi connectivity index (χ0n) is 13.3. The lowest BCUT2D eigenvalue weighted by molar-refractivity contribution is -0.120. The van der Waals surface area contributed by atoms with Gasteiger partial charge in [-0.15, -0.1) is 0 Å². The molecule has 5 nitrogen and oxygen atoms in total. The Labute approximate surface area is 135 Å². The van der Waals surface area contributed by atoms with E-state index in [9.17, 15) is 4.79 Å². The SMILES string of the molecule is CCOc1ccc(CNc2ccc3c(c2)OCC(=O)N3C)cc1. The Hall–Kier alpha value is -2.69. The number of hydrogen-bond acceptors (Lipinski definition) is 4. The normalized spacial score (nSPS) is 13.3. The predicted octanol–water partition coefficient (Wildman–Crippen LogP) is 3.05. The van der Waals surface area contributed by atoms with Gasteiger partial charge in [0.25, 0.3) is 5.91 Å². The maximum absolute atomic E-state index is 11.6. The summed E-state index contributed by atoms with van der Waals surface area (Å²) in [5.41, 5.74) is 2.92. The predicted molar refractivity (Wildman–Crippen MR) is 90.3 cm³/mol. The highest BCUT2D eigenvalue weighted by Crippen LogP contribution is 2.33. The molecular weight excluding hydrogens is 292 g/mol. The summed E-state index contributed by atoms with van der Waals surface area (Å²) in [5.74, 6) is 1.57. The molecule has 0 unspecified atom stereocenters. The minimum Gasteiger partial charge on any atom is -0.494 e. The summed E-state index contributed by atoms with van der Waals surface area (Å²) in [6, 6.07) is 13.8. The van der Waals surface area contributed by atoms with Crippen molar-refractivity contribution >= 4 is 17.3 Å².